The van der Waals surface area contributed by atoms with Crippen LogP contribution in [-0.2, 0) is 46.4 Å². The number of amides is 1. The van der Waals surface area contributed by atoms with E-state index >= 15 is 0 Å². The Morgan fingerprint density at radius 3 is 2.38 bits per heavy atom. The van der Waals surface area contributed by atoms with E-state index in [1.54, 1.807) is 0 Å². The van der Waals surface area contributed by atoms with Crippen LogP contribution in [0, 0.1) is 0 Å². The summed E-state index contributed by atoms with van der Waals surface area (Å²) in [6.07, 6.45) is -8.21. The SMILES string of the molecule is CC(=O)[C@H](NC(=O)CCC(=O)OCC(=O)[C@]1(O)Cc2c(O)c3c(c(O)c2[C@@H](O[C@H]2C[C@H](N)[C@H](O)[C@H](C)O2)C1)C(=O)c1c(CO)cccc1C3=O)C(C)O. The first-order valence-corrected chi connectivity index (χ1v) is 17.0. The second-order valence-corrected chi connectivity index (χ2v) is 13.7. The van der Waals surface area contributed by atoms with Crippen molar-refractivity contribution in [3.8, 4) is 11.5 Å². The number of benzene rings is 2. The third-order valence-corrected chi connectivity index (χ3v) is 9.89. The van der Waals surface area contributed by atoms with Crippen molar-refractivity contribution >= 4 is 35.0 Å². The molecule has 0 aromatic heterocycles. The summed E-state index contributed by atoms with van der Waals surface area (Å²) in [5.74, 6) is -6.69. The second-order valence-electron chi connectivity index (χ2n) is 13.7. The molecule has 0 spiro atoms. The summed E-state index contributed by atoms with van der Waals surface area (Å²) >= 11 is 0. The fourth-order valence-corrected chi connectivity index (χ4v) is 7.04. The molecule has 286 valence electrons. The average molecular weight is 743 g/mol. The zero-order valence-corrected chi connectivity index (χ0v) is 29.2. The van der Waals surface area contributed by atoms with Gasteiger partial charge in [-0.25, -0.2) is 0 Å². The molecule has 1 amide bonds. The van der Waals surface area contributed by atoms with Crippen molar-refractivity contribution in [2.24, 2.45) is 5.73 Å². The van der Waals surface area contributed by atoms with Gasteiger partial charge < -0.3 is 55.9 Å². The van der Waals surface area contributed by atoms with Crippen molar-refractivity contribution in [1.82, 2.24) is 5.32 Å². The Morgan fingerprint density at radius 2 is 1.75 bits per heavy atom. The lowest BCUT2D eigenvalue weighted by atomic mass is 9.71. The first kappa shape index (κ1) is 39.6. The number of nitrogens with one attached hydrogen (secondary N) is 1. The van der Waals surface area contributed by atoms with E-state index in [9.17, 15) is 59.4 Å². The number of rotatable bonds is 12. The predicted molar refractivity (Wildman–Crippen MR) is 179 cm³/mol. The number of hydrogen-bond donors (Lipinski definition) is 8. The number of phenols is 2. The van der Waals surface area contributed by atoms with Crippen LogP contribution < -0.4 is 11.1 Å². The van der Waals surface area contributed by atoms with Crippen LogP contribution in [0.25, 0.3) is 0 Å². The fourth-order valence-electron chi connectivity index (χ4n) is 7.04. The number of aromatic hydroxyl groups is 2. The van der Waals surface area contributed by atoms with Gasteiger partial charge in [-0.15, -0.1) is 0 Å². The summed E-state index contributed by atoms with van der Waals surface area (Å²) < 4.78 is 16.9. The van der Waals surface area contributed by atoms with Gasteiger partial charge in [-0.05, 0) is 26.3 Å². The third kappa shape index (κ3) is 7.59. The van der Waals surface area contributed by atoms with Crippen LogP contribution in [-0.4, -0.2) is 115 Å². The van der Waals surface area contributed by atoms with Gasteiger partial charge in [0, 0.05) is 54.0 Å². The van der Waals surface area contributed by atoms with Gasteiger partial charge in [0.25, 0.3) is 0 Å². The molecule has 1 saturated heterocycles. The maximum Gasteiger partial charge on any atom is 0.306 e. The third-order valence-electron chi connectivity index (χ3n) is 9.89. The van der Waals surface area contributed by atoms with Crippen molar-refractivity contribution in [3.05, 3.63) is 57.1 Å². The molecule has 1 fully saturated rings. The number of nitrogens with two attached hydrogens (primary N) is 1. The highest BCUT2D eigenvalue weighted by Crippen LogP contribution is 2.52. The lowest BCUT2D eigenvalue weighted by Gasteiger charge is -2.42. The minimum absolute atomic E-state index is 0.0817. The number of aliphatic hydroxyl groups excluding tert-OH is 3. The highest BCUT2D eigenvalue weighted by molar-refractivity contribution is 6.31. The molecule has 1 heterocycles. The van der Waals surface area contributed by atoms with Gasteiger partial charge in [0.1, 0.15) is 23.1 Å². The summed E-state index contributed by atoms with van der Waals surface area (Å²) in [4.78, 5) is 77.6. The fraction of sp³-hybridized carbons (Fsp3) is 0.500. The van der Waals surface area contributed by atoms with E-state index in [0.717, 1.165) is 0 Å². The number of phenolic OH excluding ortho intramolecular Hbond substituents is 2. The van der Waals surface area contributed by atoms with Crippen LogP contribution in [0.2, 0.25) is 0 Å². The molecule has 3 aliphatic rings. The monoisotopic (exact) mass is 742 g/mol. The molecule has 5 rings (SSSR count). The van der Waals surface area contributed by atoms with Crippen molar-refractivity contribution in [1.29, 1.82) is 0 Å². The van der Waals surface area contributed by atoms with Crippen LogP contribution in [0.15, 0.2) is 18.2 Å². The highest BCUT2D eigenvalue weighted by atomic mass is 16.7. The highest BCUT2D eigenvalue weighted by Gasteiger charge is 2.50. The van der Waals surface area contributed by atoms with E-state index in [1.165, 1.54) is 39.0 Å². The molecule has 8 atom stereocenters. The normalized spacial score (nSPS) is 26.1. The molecule has 17 heteroatoms. The molecule has 2 aromatic rings. The molecule has 53 heavy (non-hydrogen) atoms. The van der Waals surface area contributed by atoms with Gasteiger partial charge in [-0.1, -0.05) is 18.2 Å². The standard InChI is InChI=1S/C36H42N2O15/c1-14(40)30(15(2)41)38-23(43)7-8-24(44)51-13-22(42)36(50)10-19-27(21(11-36)53-25-9-20(37)31(45)16(3)52-25)35(49)29-28(33(19)47)32(46)18-6-4-5-17(12-39)26(18)34(29)48/h4-6,14,16,20-21,25,30-31,39-40,45,47,49-50H,7-13,37H2,1-3H3,(H,38,43)/t14?,16-,20-,21-,25-,30+,31+,36-/m0/s1. The Bertz CT molecular complexity index is 1850. The average Bonchev–Trinajstić information content (AvgIpc) is 3.10. The van der Waals surface area contributed by atoms with Gasteiger partial charge in [0.15, 0.2) is 30.2 Å². The quantitative estimate of drug-likeness (QED) is 0.0838. The van der Waals surface area contributed by atoms with Crippen molar-refractivity contribution in [2.45, 2.75) is 108 Å². The smallest absolute Gasteiger partial charge is 0.306 e. The molecule has 2 aliphatic carbocycles. The number of carbonyl (C=O) groups is 6. The van der Waals surface area contributed by atoms with Crippen LogP contribution >= 0.6 is 0 Å². The van der Waals surface area contributed by atoms with Crippen LogP contribution in [0.5, 0.6) is 11.5 Å². The first-order valence-electron chi connectivity index (χ1n) is 17.0. The van der Waals surface area contributed by atoms with Crippen molar-refractivity contribution in [3.63, 3.8) is 0 Å². The Balaban J connectivity index is 1.44. The Hall–Kier alpha value is -4.62. The van der Waals surface area contributed by atoms with Gasteiger partial charge in [-0.2, -0.15) is 0 Å². The van der Waals surface area contributed by atoms with Gasteiger partial charge in [-0.3, -0.25) is 28.8 Å². The summed E-state index contributed by atoms with van der Waals surface area (Å²) in [6.45, 7) is 2.38. The molecule has 1 unspecified atom stereocenters. The van der Waals surface area contributed by atoms with E-state index in [1.807, 2.05) is 0 Å². The minimum atomic E-state index is -2.47. The topological polar surface area (TPSA) is 290 Å². The summed E-state index contributed by atoms with van der Waals surface area (Å²) in [5.41, 5.74) is 1.66. The molecule has 17 nitrogen and oxygen atoms in total. The predicted octanol–water partition coefficient (Wildman–Crippen LogP) is -0.729. The number of ether oxygens (including phenoxy) is 3. The molecule has 9 N–H and O–H groups in total. The second kappa shape index (κ2) is 15.4. The van der Waals surface area contributed by atoms with E-state index in [-0.39, 0.29) is 34.2 Å². The number of Topliss-reactive ketones (excluding diaryl/α,β-unsaturated/α-hetero) is 2. The van der Waals surface area contributed by atoms with Crippen LogP contribution in [0.1, 0.15) is 101 Å². The van der Waals surface area contributed by atoms with Gasteiger partial charge in [0.2, 0.25) is 11.7 Å². The lowest BCUT2D eigenvalue weighted by Crippen LogP contribution is -2.53. The number of hydrogen-bond acceptors (Lipinski definition) is 16. The Kier molecular flexibility index (Phi) is 11.5. The molecule has 1 aliphatic heterocycles. The van der Waals surface area contributed by atoms with Gasteiger partial charge in [0.05, 0.1) is 48.6 Å². The number of carbonyl (C=O) groups excluding carboxylic acids is 6. The minimum Gasteiger partial charge on any atom is -0.507 e. The molecular weight excluding hydrogens is 700 g/mol. The number of esters is 1. The lowest BCUT2D eigenvalue weighted by molar-refractivity contribution is -0.247. The van der Waals surface area contributed by atoms with Crippen LogP contribution in [0.4, 0.5) is 0 Å². The maximum absolute atomic E-state index is 13.9. The molecular formula is C36H42N2O15. The molecule has 0 radical (unpaired) electrons. The summed E-state index contributed by atoms with van der Waals surface area (Å²) in [6, 6.07) is 2.14. The van der Waals surface area contributed by atoms with E-state index in [4.69, 9.17) is 19.9 Å². The molecule has 0 bridgehead atoms. The molecule has 0 saturated carbocycles. The number of fused-ring (bicyclic) bond motifs is 3. The van der Waals surface area contributed by atoms with Crippen molar-refractivity contribution < 1.29 is 73.6 Å². The first-order chi connectivity index (χ1) is 24.9. The summed E-state index contributed by atoms with van der Waals surface area (Å²) in [5, 5.41) is 67.3. The van der Waals surface area contributed by atoms with E-state index in [0.29, 0.717) is 0 Å². The Morgan fingerprint density at radius 1 is 1.08 bits per heavy atom. The zero-order chi connectivity index (χ0) is 39.1. The van der Waals surface area contributed by atoms with E-state index in [2.05, 4.69) is 5.32 Å². The maximum atomic E-state index is 13.9. The van der Waals surface area contributed by atoms with Gasteiger partial charge >= 0.3 is 5.97 Å². The zero-order valence-electron chi connectivity index (χ0n) is 29.2. The summed E-state index contributed by atoms with van der Waals surface area (Å²) in [7, 11) is 0. The molecule has 2 aromatic carbocycles. The van der Waals surface area contributed by atoms with Crippen LogP contribution in [0.3, 0.4) is 0 Å². The largest absolute Gasteiger partial charge is 0.507 e. The number of ketones is 4. The van der Waals surface area contributed by atoms with Crippen molar-refractivity contribution in [2.75, 3.05) is 6.61 Å². The Labute approximate surface area is 302 Å². The number of aliphatic hydroxyl groups is 4. The van der Waals surface area contributed by atoms with E-state index < -0.39 is 145 Å².